The maximum atomic E-state index is 6.06. The minimum absolute atomic E-state index is 0.407. The normalized spacial score (nSPS) is 10.8. The third-order valence-electron chi connectivity index (χ3n) is 5.99. The van der Waals surface area contributed by atoms with Crippen molar-refractivity contribution in [2.75, 3.05) is 7.11 Å². The van der Waals surface area contributed by atoms with Gasteiger partial charge in [-0.3, -0.25) is 4.98 Å². The van der Waals surface area contributed by atoms with Crippen LogP contribution in [0.4, 0.5) is 0 Å². The number of hydrogen-bond donors (Lipinski definition) is 0. The number of aromatic nitrogens is 1. The summed E-state index contributed by atoms with van der Waals surface area (Å²) in [6, 6.07) is 27.3. The van der Waals surface area contributed by atoms with Crippen LogP contribution < -0.4 is 9.47 Å². The van der Waals surface area contributed by atoms with E-state index in [9.17, 15) is 0 Å². The van der Waals surface area contributed by atoms with Crippen molar-refractivity contribution >= 4 is 0 Å². The van der Waals surface area contributed by atoms with Crippen LogP contribution in [0.5, 0.6) is 11.5 Å². The van der Waals surface area contributed by atoms with E-state index in [1.54, 1.807) is 7.11 Å². The number of aryl methyl sites for hydroxylation is 2. The predicted octanol–water partition coefficient (Wildman–Crippen LogP) is 7.05. The Labute approximate surface area is 197 Å². The molecule has 0 spiro atoms. The van der Waals surface area contributed by atoms with Crippen molar-refractivity contribution in [2.24, 2.45) is 0 Å². The van der Waals surface area contributed by atoms with Crippen LogP contribution in [0, 0.1) is 0 Å². The molecule has 0 N–H and O–H groups in total. The van der Waals surface area contributed by atoms with Gasteiger partial charge < -0.3 is 9.47 Å². The van der Waals surface area contributed by atoms with Gasteiger partial charge in [0.1, 0.15) is 18.1 Å². The first-order valence-corrected chi connectivity index (χ1v) is 11.6. The fourth-order valence-corrected chi connectivity index (χ4v) is 4.17. The molecule has 0 aliphatic rings. The zero-order valence-electron chi connectivity index (χ0n) is 19.7. The fourth-order valence-electron chi connectivity index (χ4n) is 4.17. The van der Waals surface area contributed by atoms with E-state index in [1.165, 1.54) is 27.8 Å². The molecule has 0 radical (unpaired) electrons. The van der Waals surface area contributed by atoms with E-state index < -0.39 is 0 Å². The predicted molar refractivity (Wildman–Crippen MR) is 135 cm³/mol. The fraction of sp³-hybridized carbons (Fsp3) is 0.233. The molecular weight excluding hydrogens is 406 g/mol. The highest BCUT2D eigenvalue weighted by Crippen LogP contribution is 2.31. The van der Waals surface area contributed by atoms with Gasteiger partial charge in [-0.25, -0.2) is 0 Å². The van der Waals surface area contributed by atoms with E-state index in [1.807, 2.05) is 30.5 Å². The molecule has 1 aromatic heterocycles. The van der Waals surface area contributed by atoms with Crippen LogP contribution in [0.3, 0.4) is 0 Å². The summed E-state index contributed by atoms with van der Waals surface area (Å²) in [6.07, 6.45) is 4.74. The van der Waals surface area contributed by atoms with Gasteiger partial charge >= 0.3 is 0 Å². The lowest BCUT2D eigenvalue weighted by Gasteiger charge is -2.15. The molecule has 3 aromatic carbocycles. The lowest BCUT2D eigenvalue weighted by Crippen LogP contribution is -2.02. The minimum atomic E-state index is 0.407. The standard InChI is InChI=1S/C30H31NO2/c1-4-24-12-9-13-25(5-2)30(24)28-19-29(32-3)26(20-31-28)21-33-27-16-14-23(15-17-27)18-22-10-7-6-8-11-22/h6-17,19-20H,4-5,18,21H2,1-3H3. The molecule has 0 fully saturated rings. The van der Waals surface area contributed by atoms with Crippen molar-refractivity contribution in [3.8, 4) is 22.8 Å². The third kappa shape index (κ3) is 5.43. The number of nitrogens with zero attached hydrogens (tertiary/aromatic N) is 1. The maximum absolute atomic E-state index is 6.06. The quantitative estimate of drug-likeness (QED) is 0.281. The molecule has 33 heavy (non-hydrogen) atoms. The van der Waals surface area contributed by atoms with Crippen molar-refractivity contribution < 1.29 is 9.47 Å². The second-order valence-corrected chi connectivity index (χ2v) is 8.13. The van der Waals surface area contributed by atoms with Crippen molar-refractivity contribution in [2.45, 2.75) is 39.7 Å². The third-order valence-corrected chi connectivity index (χ3v) is 5.99. The smallest absolute Gasteiger partial charge is 0.129 e. The van der Waals surface area contributed by atoms with Crippen LogP contribution in [0.1, 0.15) is 41.7 Å². The van der Waals surface area contributed by atoms with Crippen molar-refractivity contribution in [1.82, 2.24) is 4.98 Å². The van der Waals surface area contributed by atoms with E-state index in [2.05, 4.69) is 68.4 Å². The van der Waals surface area contributed by atoms with E-state index in [4.69, 9.17) is 14.5 Å². The van der Waals surface area contributed by atoms with Gasteiger partial charge in [-0.2, -0.15) is 0 Å². The van der Waals surface area contributed by atoms with Crippen LogP contribution in [0.15, 0.2) is 85.1 Å². The number of benzene rings is 3. The average Bonchev–Trinajstić information content (AvgIpc) is 2.88. The molecule has 0 bridgehead atoms. The molecule has 0 amide bonds. The largest absolute Gasteiger partial charge is 0.496 e. The van der Waals surface area contributed by atoms with E-state index in [-0.39, 0.29) is 0 Å². The summed E-state index contributed by atoms with van der Waals surface area (Å²) in [7, 11) is 1.70. The highest BCUT2D eigenvalue weighted by Gasteiger charge is 2.14. The van der Waals surface area contributed by atoms with Gasteiger partial charge in [0, 0.05) is 23.4 Å². The van der Waals surface area contributed by atoms with Gasteiger partial charge in [0.2, 0.25) is 0 Å². The maximum Gasteiger partial charge on any atom is 0.129 e. The molecule has 4 rings (SSSR count). The summed E-state index contributed by atoms with van der Waals surface area (Å²) >= 11 is 0. The Hall–Kier alpha value is -3.59. The molecule has 0 atom stereocenters. The van der Waals surface area contributed by atoms with Crippen molar-refractivity contribution in [1.29, 1.82) is 0 Å². The summed E-state index contributed by atoms with van der Waals surface area (Å²) < 4.78 is 11.8. The lowest BCUT2D eigenvalue weighted by molar-refractivity contribution is 0.296. The van der Waals surface area contributed by atoms with Gasteiger partial charge in [-0.15, -0.1) is 0 Å². The molecule has 3 nitrogen and oxygen atoms in total. The number of hydrogen-bond acceptors (Lipinski definition) is 3. The minimum Gasteiger partial charge on any atom is -0.496 e. The first-order valence-electron chi connectivity index (χ1n) is 11.6. The summed E-state index contributed by atoms with van der Waals surface area (Å²) in [5.41, 5.74) is 8.29. The zero-order valence-corrected chi connectivity index (χ0v) is 19.7. The topological polar surface area (TPSA) is 31.4 Å². The van der Waals surface area contributed by atoms with Crippen LogP contribution >= 0.6 is 0 Å². The summed E-state index contributed by atoms with van der Waals surface area (Å²) in [5.74, 6) is 1.64. The molecule has 1 heterocycles. The molecule has 4 aromatic rings. The second kappa shape index (κ2) is 10.8. The Morgan fingerprint density at radius 2 is 1.39 bits per heavy atom. The average molecular weight is 438 g/mol. The summed E-state index contributed by atoms with van der Waals surface area (Å²) in [4.78, 5) is 4.79. The Morgan fingerprint density at radius 1 is 0.727 bits per heavy atom. The van der Waals surface area contributed by atoms with Crippen molar-refractivity contribution in [3.05, 3.63) is 113 Å². The highest BCUT2D eigenvalue weighted by molar-refractivity contribution is 5.69. The number of pyridine rings is 1. The lowest BCUT2D eigenvalue weighted by atomic mass is 9.94. The number of ether oxygens (including phenoxy) is 2. The molecule has 0 saturated heterocycles. The SMILES string of the molecule is CCc1cccc(CC)c1-c1cc(OC)c(COc2ccc(Cc3ccccc3)cc2)cn1. The van der Waals surface area contributed by atoms with Gasteiger partial charge in [0.05, 0.1) is 12.8 Å². The van der Waals surface area contributed by atoms with Gasteiger partial charge in [0.15, 0.2) is 0 Å². The molecular formula is C30H31NO2. The van der Waals surface area contributed by atoms with Crippen LogP contribution in [-0.4, -0.2) is 12.1 Å². The Kier molecular flexibility index (Phi) is 7.41. The molecule has 0 aliphatic carbocycles. The van der Waals surface area contributed by atoms with Gasteiger partial charge in [-0.05, 0) is 53.6 Å². The van der Waals surface area contributed by atoms with Crippen LogP contribution in [0.2, 0.25) is 0 Å². The first kappa shape index (κ1) is 22.6. The molecule has 0 unspecified atom stereocenters. The van der Waals surface area contributed by atoms with E-state index >= 15 is 0 Å². The van der Waals surface area contributed by atoms with Crippen molar-refractivity contribution in [3.63, 3.8) is 0 Å². The van der Waals surface area contributed by atoms with Crippen LogP contribution in [0.25, 0.3) is 11.3 Å². The number of rotatable bonds is 9. The van der Waals surface area contributed by atoms with E-state index in [0.29, 0.717) is 6.61 Å². The summed E-state index contributed by atoms with van der Waals surface area (Å²) in [5, 5.41) is 0. The molecule has 0 aliphatic heterocycles. The van der Waals surface area contributed by atoms with Gasteiger partial charge in [0.25, 0.3) is 0 Å². The second-order valence-electron chi connectivity index (χ2n) is 8.13. The first-order chi connectivity index (χ1) is 16.2. The van der Waals surface area contributed by atoms with Gasteiger partial charge in [-0.1, -0.05) is 74.5 Å². The summed E-state index contributed by atoms with van der Waals surface area (Å²) in [6.45, 7) is 4.77. The highest BCUT2D eigenvalue weighted by atomic mass is 16.5. The van der Waals surface area contributed by atoms with E-state index in [0.717, 1.165) is 42.0 Å². The Bertz CT molecular complexity index is 1160. The Balaban J connectivity index is 1.48. The monoisotopic (exact) mass is 437 g/mol. The van der Waals surface area contributed by atoms with Crippen LogP contribution in [-0.2, 0) is 25.9 Å². The molecule has 3 heteroatoms. The molecule has 0 saturated carbocycles. The zero-order chi connectivity index (χ0) is 23.0. The number of methoxy groups -OCH3 is 1. The Morgan fingerprint density at radius 3 is 2.03 bits per heavy atom. The molecule has 168 valence electrons.